The second-order valence-corrected chi connectivity index (χ2v) is 5.19. The van der Waals surface area contributed by atoms with Crippen LogP contribution in [0.1, 0.15) is 6.42 Å². The Morgan fingerprint density at radius 1 is 1.37 bits per heavy atom. The van der Waals surface area contributed by atoms with Crippen LogP contribution < -0.4 is 14.4 Å². The van der Waals surface area contributed by atoms with E-state index in [-0.39, 0.29) is 11.8 Å². The van der Waals surface area contributed by atoms with E-state index >= 15 is 0 Å². The molecule has 0 bridgehead atoms. The summed E-state index contributed by atoms with van der Waals surface area (Å²) in [5.74, 6) is 2.12. The number of nitrogens with zero attached hydrogens (tertiary/aromatic N) is 1. The summed E-state index contributed by atoms with van der Waals surface area (Å²) >= 11 is 10.3. The molecule has 1 aromatic carbocycles. The highest BCUT2D eigenvalue weighted by Gasteiger charge is 2.32. The average Bonchev–Trinajstić information content (AvgIpc) is 2.79. The Hall–Kier alpha value is -1.07. The van der Waals surface area contributed by atoms with Gasteiger partial charge in [0.05, 0.1) is 24.9 Å². The maximum atomic E-state index is 12.1. The third kappa shape index (κ3) is 2.77. The van der Waals surface area contributed by atoms with E-state index in [1.54, 1.807) is 31.3 Å². The zero-order valence-electron chi connectivity index (χ0n) is 10.9. The molecule has 0 aromatic heterocycles. The molecule has 0 N–H and O–H groups in total. The van der Waals surface area contributed by atoms with Gasteiger partial charge in [-0.05, 0) is 11.7 Å². The monoisotopic (exact) mass is 301 g/mol. The van der Waals surface area contributed by atoms with Gasteiger partial charge in [-0.1, -0.05) is 11.6 Å². The van der Waals surface area contributed by atoms with Crippen LogP contribution in [0.2, 0.25) is 5.02 Å². The number of methoxy groups -OCH3 is 2. The topological polar surface area (TPSA) is 38.8 Å². The minimum atomic E-state index is 0.0710. The molecule has 2 rings (SSSR count). The van der Waals surface area contributed by atoms with E-state index in [1.807, 2.05) is 0 Å². The van der Waals surface area contributed by atoms with Crippen LogP contribution in [0, 0.1) is 5.92 Å². The Labute approximate surface area is 123 Å². The van der Waals surface area contributed by atoms with Gasteiger partial charge in [-0.3, -0.25) is 4.79 Å². The maximum absolute atomic E-state index is 12.1. The molecule has 1 fully saturated rings. The Kier molecular flexibility index (Phi) is 4.47. The van der Waals surface area contributed by atoms with Crippen molar-refractivity contribution < 1.29 is 14.3 Å². The van der Waals surface area contributed by atoms with Crippen LogP contribution in [-0.2, 0) is 4.79 Å². The van der Waals surface area contributed by atoms with Crippen LogP contribution in [0.3, 0.4) is 0 Å². The zero-order valence-corrected chi connectivity index (χ0v) is 12.5. The fraction of sp³-hybridized carbons (Fsp3) is 0.462. The van der Waals surface area contributed by atoms with Gasteiger partial charge in [-0.15, -0.1) is 0 Å². The summed E-state index contributed by atoms with van der Waals surface area (Å²) < 4.78 is 10.5. The largest absolute Gasteiger partial charge is 0.495 e. The lowest BCUT2D eigenvalue weighted by Gasteiger charge is -2.20. The van der Waals surface area contributed by atoms with Gasteiger partial charge >= 0.3 is 0 Å². The number of benzene rings is 1. The second-order valence-electron chi connectivity index (χ2n) is 4.42. The third-order valence-electron chi connectivity index (χ3n) is 3.21. The van der Waals surface area contributed by atoms with E-state index in [0.29, 0.717) is 40.9 Å². The van der Waals surface area contributed by atoms with Gasteiger partial charge in [0, 0.05) is 25.1 Å². The number of carbonyl (C=O) groups is 1. The first-order valence-corrected chi connectivity index (χ1v) is 6.94. The van der Waals surface area contributed by atoms with Crippen LogP contribution in [0.4, 0.5) is 5.69 Å². The first-order chi connectivity index (χ1) is 9.10. The number of rotatable bonds is 4. The summed E-state index contributed by atoms with van der Waals surface area (Å²) in [6, 6.07) is 3.40. The summed E-state index contributed by atoms with van der Waals surface area (Å²) in [5, 5.41) is 0.459. The molecule has 1 unspecified atom stereocenters. The summed E-state index contributed by atoms with van der Waals surface area (Å²) in [7, 11) is 3.10. The lowest BCUT2D eigenvalue weighted by molar-refractivity contribution is -0.117. The number of hydrogen-bond donors (Lipinski definition) is 1. The molecule has 1 amide bonds. The van der Waals surface area contributed by atoms with Crippen LogP contribution >= 0.6 is 24.2 Å². The van der Waals surface area contributed by atoms with Crippen molar-refractivity contribution in [2.24, 2.45) is 5.92 Å². The van der Waals surface area contributed by atoms with Crippen LogP contribution in [0.25, 0.3) is 0 Å². The van der Waals surface area contributed by atoms with Crippen molar-refractivity contribution >= 4 is 35.8 Å². The van der Waals surface area contributed by atoms with Gasteiger partial charge in [0.2, 0.25) is 5.91 Å². The highest BCUT2D eigenvalue weighted by molar-refractivity contribution is 7.80. The molecule has 1 atom stereocenters. The fourth-order valence-electron chi connectivity index (χ4n) is 2.19. The summed E-state index contributed by atoms with van der Waals surface area (Å²) in [6.07, 6.45) is 0.512. The summed E-state index contributed by atoms with van der Waals surface area (Å²) in [5.41, 5.74) is 0.693. The van der Waals surface area contributed by atoms with E-state index in [9.17, 15) is 4.79 Å². The van der Waals surface area contributed by atoms with Crippen molar-refractivity contribution in [3.05, 3.63) is 17.2 Å². The summed E-state index contributed by atoms with van der Waals surface area (Å²) in [4.78, 5) is 13.8. The smallest absolute Gasteiger partial charge is 0.227 e. The van der Waals surface area contributed by atoms with Gasteiger partial charge in [-0.25, -0.2) is 0 Å². The molecule has 1 heterocycles. The van der Waals surface area contributed by atoms with Crippen molar-refractivity contribution in [3.63, 3.8) is 0 Å². The number of anilines is 1. The predicted octanol–water partition coefficient (Wildman–Crippen LogP) is 2.64. The third-order valence-corrected chi connectivity index (χ3v) is 4.02. The SMILES string of the molecule is COc1cc(N2CC(CS)CC2=O)c(OC)cc1Cl. The minimum absolute atomic E-state index is 0.0710. The molecule has 1 aliphatic heterocycles. The molecule has 19 heavy (non-hydrogen) atoms. The number of ether oxygens (including phenoxy) is 2. The normalized spacial score (nSPS) is 18.8. The molecule has 0 spiro atoms. The Bertz CT molecular complexity index is 495. The Balaban J connectivity index is 2.40. The second kappa shape index (κ2) is 5.92. The molecule has 1 aliphatic rings. The van der Waals surface area contributed by atoms with Gasteiger partial charge in [-0.2, -0.15) is 12.6 Å². The standard InChI is InChI=1S/C13H16ClNO3S/c1-17-11-5-10(12(18-2)4-9(11)14)15-6-8(7-19)3-13(15)16/h4-5,8,19H,3,6-7H2,1-2H3. The maximum Gasteiger partial charge on any atom is 0.227 e. The van der Waals surface area contributed by atoms with Crippen molar-refractivity contribution in [2.75, 3.05) is 31.4 Å². The molecule has 0 radical (unpaired) electrons. The van der Waals surface area contributed by atoms with Crippen LogP contribution in [0.5, 0.6) is 11.5 Å². The highest BCUT2D eigenvalue weighted by atomic mass is 35.5. The quantitative estimate of drug-likeness (QED) is 0.869. The Morgan fingerprint density at radius 3 is 2.58 bits per heavy atom. The van der Waals surface area contributed by atoms with Gasteiger partial charge < -0.3 is 14.4 Å². The van der Waals surface area contributed by atoms with E-state index in [2.05, 4.69) is 12.6 Å². The van der Waals surface area contributed by atoms with E-state index in [0.717, 1.165) is 0 Å². The van der Waals surface area contributed by atoms with Crippen molar-refractivity contribution in [1.29, 1.82) is 0 Å². The first-order valence-electron chi connectivity index (χ1n) is 5.93. The zero-order chi connectivity index (χ0) is 14.0. The fourth-order valence-corrected chi connectivity index (χ4v) is 2.67. The number of thiol groups is 1. The highest BCUT2D eigenvalue weighted by Crippen LogP contribution is 2.40. The van der Waals surface area contributed by atoms with E-state index < -0.39 is 0 Å². The van der Waals surface area contributed by atoms with Crippen molar-refractivity contribution in [3.8, 4) is 11.5 Å². The van der Waals surface area contributed by atoms with E-state index in [1.165, 1.54) is 0 Å². The lowest BCUT2D eigenvalue weighted by atomic mass is 10.1. The molecule has 0 saturated carbocycles. The molecule has 6 heteroatoms. The van der Waals surface area contributed by atoms with Gasteiger partial charge in [0.15, 0.2) is 0 Å². The molecular formula is C13H16ClNO3S. The van der Waals surface area contributed by atoms with E-state index in [4.69, 9.17) is 21.1 Å². The lowest BCUT2D eigenvalue weighted by Crippen LogP contribution is -2.25. The first kappa shape index (κ1) is 14.3. The van der Waals surface area contributed by atoms with Crippen molar-refractivity contribution in [1.82, 2.24) is 0 Å². The van der Waals surface area contributed by atoms with Gasteiger partial charge in [0.1, 0.15) is 11.5 Å². The molecule has 1 saturated heterocycles. The van der Waals surface area contributed by atoms with Crippen molar-refractivity contribution in [2.45, 2.75) is 6.42 Å². The molecule has 104 valence electrons. The van der Waals surface area contributed by atoms with Crippen LogP contribution in [0.15, 0.2) is 12.1 Å². The molecule has 0 aliphatic carbocycles. The number of carbonyl (C=O) groups excluding carboxylic acids is 1. The molecular weight excluding hydrogens is 286 g/mol. The number of halogens is 1. The number of amides is 1. The minimum Gasteiger partial charge on any atom is -0.495 e. The van der Waals surface area contributed by atoms with Crippen LogP contribution in [-0.4, -0.2) is 32.4 Å². The Morgan fingerprint density at radius 2 is 2.05 bits per heavy atom. The van der Waals surface area contributed by atoms with Gasteiger partial charge in [0.25, 0.3) is 0 Å². The molecule has 1 aromatic rings. The predicted molar refractivity (Wildman–Crippen MR) is 78.9 cm³/mol. The molecule has 4 nitrogen and oxygen atoms in total. The number of hydrogen-bond acceptors (Lipinski definition) is 4. The summed E-state index contributed by atoms with van der Waals surface area (Å²) in [6.45, 7) is 0.642. The average molecular weight is 302 g/mol.